The topological polar surface area (TPSA) is 120 Å². The second kappa shape index (κ2) is 9.86. The van der Waals surface area contributed by atoms with E-state index < -0.39 is 5.82 Å². The number of fused-ring (bicyclic) bond motifs is 5. The molecule has 5 aromatic rings. The third-order valence-corrected chi connectivity index (χ3v) is 10.6. The van der Waals surface area contributed by atoms with Gasteiger partial charge in [-0.1, -0.05) is 0 Å². The number of nitrogens with zero attached hydrogens (tertiary/aromatic N) is 5. The molecule has 2 saturated carbocycles. The van der Waals surface area contributed by atoms with Crippen molar-refractivity contribution in [2.45, 2.75) is 50.9 Å². The first-order valence-corrected chi connectivity index (χ1v) is 16.0. The molecule has 1 saturated heterocycles. The van der Waals surface area contributed by atoms with Crippen molar-refractivity contribution in [1.82, 2.24) is 29.3 Å². The Morgan fingerprint density at radius 3 is 2.70 bits per heavy atom. The number of halogens is 1. The Morgan fingerprint density at radius 1 is 1.11 bits per heavy atom. The Kier molecular flexibility index (Phi) is 5.90. The van der Waals surface area contributed by atoms with Gasteiger partial charge in [-0.05, 0) is 85.5 Å². The number of likely N-dealkylation sites (tertiary alicyclic amines) is 1. The van der Waals surface area contributed by atoms with E-state index in [1.807, 2.05) is 46.8 Å². The number of imidazole rings is 1. The smallest absolute Gasteiger partial charge is 0.254 e. The molecule has 5 heterocycles. The predicted octanol–water partition coefficient (Wildman–Crippen LogP) is 4.62. The van der Waals surface area contributed by atoms with Crippen LogP contribution in [-0.2, 0) is 20.1 Å². The highest BCUT2D eigenvalue weighted by molar-refractivity contribution is 6.01. The zero-order valence-electron chi connectivity index (χ0n) is 25.7. The molecule has 2 unspecified atom stereocenters. The number of ether oxygens (including phenoxy) is 1. The Morgan fingerprint density at radius 2 is 1.96 bits per heavy atom. The summed E-state index contributed by atoms with van der Waals surface area (Å²) in [6.07, 6.45) is 4.33. The second-order valence-corrected chi connectivity index (χ2v) is 13.3. The van der Waals surface area contributed by atoms with Crippen molar-refractivity contribution in [1.29, 1.82) is 0 Å². The molecular weight excluding hydrogens is 585 g/mol. The van der Waals surface area contributed by atoms with Crippen LogP contribution in [0.5, 0.6) is 5.75 Å². The van der Waals surface area contributed by atoms with E-state index in [9.17, 15) is 14.0 Å². The molecule has 4 aliphatic rings. The number of amides is 2. The molecule has 2 amide bonds. The normalized spacial score (nSPS) is 21.9. The van der Waals surface area contributed by atoms with Gasteiger partial charge in [-0.15, -0.1) is 0 Å². The molecule has 2 aliphatic heterocycles. The molecular formula is C35H34FN7O3. The number of aromatic nitrogens is 4. The van der Waals surface area contributed by atoms with Crippen LogP contribution in [0.1, 0.15) is 52.0 Å². The van der Waals surface area contributed by atoms with Crippen LogP contribution >= 0.6 is 0 Å². The number of nitrogens with one attached hydrogen (secondary N) is 1. The Balaban J connectivity index is 1.15. The summed E-state index contributed by atoms with van der Waals surface area (Å²) in [4.78, 5) is 37.9. The Bertz CT molecular complexity index is 2130. The van der Waals surface area contributed by atoms with E-state index in [1.165, 1.54) is 6.07 Å². The molecule has 46 heavy (non-hydrogen) atoms. The average molecular weight is 620 g/mol. The standard InChI is InChI=1S/C35H34FN7O3/c1-41-31-25(11-21(13-28(31)46-2)35(45)43-16-19-6-8-26(43)30(19)37)40-33(41)27-12-18-5-7-24(39-32(18)42(27)15-17-3-4-17)20-9-22-14-38-34(44)29(22)23(36)10-20/h5,7,9-13,17,19,26,30H,3-4,6,8,14-16,37H2,1-2H3,(H,38,44)/t19?,26?,30-/m1/s1. The molecule has 2 aromatic carbocycles. The van der Waals surface area contributed by atoms with E-state index in [0.717, 1.165) is 60.3 Å². The van der Waals surface area contributed by atoms with Crippen LogP contribution in [-0.4, -0.2) is 61.6 Å². The largest absolute Gasteiger partial charge is 0.494 e. The molecule has 0 radical (unpaired) electrons. The van der Waals surface area contributed by atoms with Gasteiger partial charge in [-0.25, -0.2) is 14.4 Å². The first-order valence-electron chi connectivity index (χ1n) is 16.0. The maximum Gasteiger partial charge on any atom is 0.254 e. The lowest BCUT2D eigenvalue weighted by atomic mass is 10.0. The minimum absolute atomic E-state index is 0.0298. The molecule has 3 aromatic heterocycles. The molecule has 11 heteroatoms. The third kappa shape index (κ3) is 4.03. The SMILES string of the molecule is COc1cc(C(=O)N2CC3CCC2[C@@H]3N)cc2nc(-c3cc4ccc(-c5cc(F)c6c(c5)CNC6=O)nc4n3CC3CC3)n(C)c12. The fourth-order valence-corrected chi connectivity index (χ4v) is 7.95. The molecule has 2 aliphatic carbocycles. The molecule has 3 fully saturated rings. The van der Waals surface area contributed by atoms with Gasteiger partial charge in [0.2, 0.25) is 0 Å². The van der Waals surface area contributed by atoms with Crippen LogP contribution < -0.4 is 15.8 Å². The number of hydrogen-bond acceptors (Lipinski definition) is 6. The highest BCUT2D eigenvalue weighted by Crippen LogP contribution is 2.40. The summed E-state index contributed by atoms with van der Waals surface area (Å²) in [5.41, 5.74) is 12.2. The molecule has 9 rings (SSSR count). The van der Waals surface area contributed by atoms with Crippen molar-refractivity contribution >= 4 is 33.9 Å². The summed E-state index contributed by atoms with van der Waals surface area (Å²) in [6.45, 7) is 1.79. The lowest BCUT2D eigenvalue weighted by Crippen LogP contribution is -2.41. The first kappa shape index (κ1) is 27.5. The maximum absolute atomic E-state index is 15.0. The van der Waals surface area contributed by atoms with Crippen molar-refractivity contribution < 1.29 is 18.7 Å². The van der Waals surface area contributed by atoms with Crippen LogP contribution in [0.25, 0.3) is 44.8 Å². The molecule has 2 bridgehead atoms. The third-order valence-electron chi connectivity index (χ3n) is 10.6. The van der Waals surface area contributed by atoms with Gasteiger partial charge in [0.25, 0.3) is 11.8 Å². The highest BCUT2D eigenvalue weighted by atomic mass is 19.1. The second-order valence-electron chi connectivity index (χ2n) is 13.3. The zero-order chi connectivity index (χ0) is 31.4. The summed E-state index contributed by atoms with van der Waals surface area (Å²) in [5.74, 6) is 1.30. The van der Waals surface area contributed by atoms with Crippen LogP contribution in [0.3, 0.4) is 0 Å². The van der Waals surface area contributed by atoms with Crippen molar-refractivity contribution in [3.8, 4) is 28.5 Å². The summed E-state index contributed by atoms with van der Waals surface area (Å²) in [5, 5.41) is 3.65. The predicted molar refractivity (Wildman–Crippen MR) is 171 cm³/mol. The monoisotopic (exact) mass is 619 g/mol. The van der Waals surface area contributed by atoms with Gasteiger partial charge in [-0.2, -0.15) is 0 Å². The first-order chi connectivity index (χ1) is 22.3. The van der Waals surface area contributed by atoms with Crippen molar-refractivity contribution in [3.63, 3.8) is 0 Å². The number of piperidine rings is 1. The van der Waals surface area contributed by atoms with Gasteiger partial charge in [0.15, 0.2) is 5.82 Å². The number of carbonyl (C=O) groups excluding carboxylic acids is 2. The molecule has 10 nitrogen and oxygen atoms in total. The van der Waals surface area contributed by atoms with Gasteiger partial charge in [0.1, 0.15) is 22.7 Å². The van der Waals surface area contributed by atoms with Crippen molar-refractivity contribution in [3.05, 3.63) is 65.0 Å². The summed E-state index contributed by atoms with van der Waals surface area (Å²) in [6, 6.07) is 13.1. The molecule has 234 valence electrons. The number of hydrogen-bond donors (Lipinski definition) is 2. The molecule has 0 spiro atoms. The van der Waals surface area contributed by atoms with Crippen LogP contribution in [0.2, 0.25) is 0 Å². The minimum atomic E-state index is -0.537. The summed E-state index contributed by atoms with van der Waals surface area (Å²) in [7, 11) is 3.58. The van der Waals surface area contributed by atoms with Gasteiger partial charge in [-0.3, -0.25) is 9.59 Å². The number of aryl methyl sites for hydroxylation is 1. The number of pyridine rings is 1. The summed E-state index contributed by atoms with van der Waals surface area (Å²) >= 11 is 0. The summed E-state index contributed by atoms with van der Waals surface area (Å²) < 4.78 is 25.0. The van der Waals surface area contributed by atoms with E-state index in [1.54, 1.807) is 7.11 Å². The lowest BCUT2D eigenvalue weighted by molar-refractivity contribution is 0.0700. The van der Waals surface area contributed by atoms with E-state index in [2.05, 4.69) is 16.0 Å². The number of nitrogens with two attached hydrogens (primary N) is 1. The fraction of sp³-hybridized carbons (Fsp3) is 0.371. The molecule has 3 atom stereocenters. The van der Waals surface area contributed by atoms with Gasteiger partial charge >= 0.3 is 0 Å². The maximum atomic E-state index is 15.0. The van der Waals surface area contributed by atoms with E-state index in [4.69, 9.17) is 20.4 Å². The quantitative estimate of drug-likeness (QED) is 0.286. The lowest BCUT2D eigenvalue weighted by Gasteiger charge is -2.27. The van der Waals surface area contributed by atoms with Crippen LogP contribution in [0, 0.1) is 17.7 Å². The van der Waals surface area contributed by atoms with Gasteiger partial charge in [0.05, 0.1) is 29.6 Å². The molecule has 3 N–H and O–H groups in total. The van der Waals surface area contributed by atoms with Crippen molar-refractivity contribution in [2.24, 2.45) is 24.6 Å². The Labute approximate surface area is 264 Å². The number of rotatable bonds is 6. The number of methoxy groups -OCH3 is 1. The van der Waals surface area contributed by atoms with Crippen LogP contribution in [0.4, 0.5) is 4.39 Å². The van der Waals surface area contributed by atoms with Crippen LogP contribution in [0.15, 0.2) is 42.5 Å². The van der Waals surface area contributed by atoms with Crippen molar-refractivity contribution in [2.75, 3.05) is 13.7 Å². The van der Waals surface area contributed by atoms with E-state index in [0.29, 0.717) is 58.6 Å². The Hall–Kier alpha value is -4.77. The highest BCUT2D eigenvalue weighted by Gasteiger charge is 2.47. The van der Waals surface area contributed by atoms with Gasteiger partial charge < -0.3 is 29.8 Å². The average Bonchev–Trinajstić information content (AvgIpc) is 3.27. The fourth-order valence-electron chi connectivity index (χ4n) is 7.95. The van der Waals surface area contributed by atoms with Gasteiger partial charge in [0, 0.05) is 55.3 Å². The van der Waals surface area contributed by atoms with E-state index in [-0.39, 0.29) is 29.5 Å². The number of benzene rings is 2. The minimum Gasteiger partial charge on any atom is -0.494 e. The van der Waals surface area contributed by atoms with E-state index >= 15 is 0 Å². The number of carbonyl (C=O) groups is 2. The zero-order valence-corrected chi connectivity index (χ0v) is 25.7.